The van der Waals surface area contributed by atoms with Crippen LogP contribution in [-0.4, -0.2) is 90.2 Å². The molecule has 0 spiro atoms. The molecule has 2 N–H and O–H groups in total. The van der Waals surface area contributed by atoms with Gasteiger partial charge in [-0.15, -0.1) is 18.3 Å². The second-order valence-electron chi connectivity index (χ2n) is 18.0. The van der Waals surface area contributed by atoms with Crippen LogP contribution < -0.4 is 9.47 Å². The number of unbranched alkanes of at least 4 members (excludes halogenated alkanes) is 2. The van der Waals surface area contributed by atoms with Crippen molar-refractivity contribution >= 4 is 23.4 Å². The highest BCUT2D eigenvalue weighted by Crippen LogP contribution is 2.62. The monoisotopic (exact) mass is 873 g/mol. The number of aliphatic hydroxyl groups is 2. The van der Waals surface area contributed by atoms with Crippen molar-refractivity contribution in [1.29, 1.82) is 0 Å². The van der Waals surface area contributed by atoms with Gasteiger partial charge in [0, 0.05) is 61.2 Å². The van der Waals surface area contributed by atoms with Crippen molar-refractivity contribution in [3.63, 3.8) is 0 Å². The van der Waals surface area contributed by atoms with Gasteiger partial charge in [-0.2, -0.15) is 0 Å². The number of oxime groups is 1. The van der Waals surface area contributed by atoms with Crippen LogP contribution in [0.25, 0.3) is 0 Å². The summed E-state index contributed by atoms with van der Waals surface area (Å²) in [5.41, 5.74) is 2.93. The van der Waals surface area contributed by atoms with E-state index >= 15 is 0 Å². The van der Waals surface area contributed by atoms with Crippen LogP contribution in [0, 0.1) is 23.7 Å². The molecule has 2 aliphatic heterocycles. The zero-order chi connectivity index (χ0) is 43.2. The van der Waals surface area contributed by atoms with Crippen LogP contribution in [0.1, 0.15) is 128 Å². The lowest BCUT2D eigenvalue weighted by atomic mass is 9.55. The van der Waals surface area contributed by atoms with Gasteiger partial charge in [-0.05, 0) is 105 Å². The first-order chi connectivity index (χ1) is 30.5. The highest BCUT2D eigenvalue weighted by atomic mass is 32.2. The SMILES string of the molecule is C=CCOC12Oc3ccc(OCCSc4ccccc4)cc3C3C(CCCCO)C(CCCCO)C=C(C(=NOC4CCCCO4)CC1N(CCC)C(=O)CCC1CCCC1)C32. The van der Waals surface area contributed by atoms with E-state index < -0.39 is 18.1 Å². The molecule has 2 aromatic carbocycles. The van der Waals surface area contributed by atoms with Gasteiger partial charge in [-0.3, -0.25) is 4.79 Å². The average Bonchev–Trinajstić information content (AvgIpc) is 3.83. The number of carbonyl (C=O) groups excluding carboxylic acids is 1. The van der Waals surface area contributed by atoms with E-state index in [4.69, 9.17) is 28.9 Å². The van der Waals surface area contributed by atoms with Crippen LogP contribution in [0.4, 0.5) is 0 Å². The number of hydrogen-bond acceptors (Lipinski definition) is 10. The van der Waals surface area contributed by atoms with Crippen molar-refractivity contribution in [2.45, 2.75) is 145 Å². The summed E-state index contributed by atoms with van der Waals surface area (Å²) in [5, 5.41) is 25.0. The number of fused-ring (bicyclic) bond motifs is 2. The lowest BCUT2D eigenvalue weighted by Crippen LogP contribution is -2.70. The van der Waals surface area contributed by atoms with Crippen molar-refractivity contribution in [2.75, 3.05) is 45.3 Å². The number of rotatable bonds is 24. The molecule has 11 heteroatoms. The summed E-state index contributed by atoms with van der Waals surface area (Å²) in [5.74, 6) is 1.66. The minimum Gasteiger partial charge on any atom is -0.493 e. The normalized spacial score (nSPS) is 27.5. The Bertz CT molecular complexity index is 1780. The summed E-state index contributed by atoms with van der Waals surface area (Å²) in [4.78, 5) is 24.4. The zero-order valence-electron chi connectivity index (χ0n) is 37.1. The largest absolute Gasteiger partial charge is 0.493 e. The predicted octanol–water partition coefficient (Wildman–Crippen LogP) is 10.2. The number of amides is 1. The second-order valence-corrected chi connectivity index (χ2v) is 19.1. The van der Waals surface area contributed by atoms with E-state index in [2.05, 4.69) is 54.8 Å². The van der Waals surface area contributed by atoms with E-state index in [-0.39, 0.29) is 49.4 Å². The molecule has 3 aliphatic carbocycles. The molecule has 5 aliphatic rings. The molecule has 340 valence electrons. The summed E-state index contributed by atoms with van der Waals surface area (Å²) < 4.78 is 27.2. The molecule has 7 rings (SSSR count). The number of hydrogen-bond donors (Lipinski definition) is 2. The fourth-order valence-electron chi connectivity index (χ4n) is 11.0. The lowest BCUT2D eigenvalue weighted by molar-refractivity contribution is -0.257. The maximum atomic E-state index is 14.8. The van der Waals surface area contributed by atoms with E-state index in [9.17, 15) is 15.0 Å². The third-order valence-electron chi connectivity index (χ3n) is 13.8. The number of ether oxygens (including phenoxy) is 4. The van der Waals surface area contributed by atoms with Crippen LogP contribution >= 0.6 is 11.8 Å². The Kier molecular flexibility index (Phi) is 17.7. The van der Waals surface area contributed by atoms with Gasteiger partial charge in [-0.25, -0.2) is 0 Å². The predicted molar refractivity (Wildman–Crippen MR) is 245 cm³/mol. The molecule has 0 radical (unpaired) electrons. The number of allylic oxidation sites excluding steroid dienone is 1. The minimum atomic E-state index is -1.25. The van der Waals surface area contributed by atoms with Crippen molar-refractivity contribution < 1.29 is 38.8 Å². The molecular formula is C51H72N2O8S. The molecule has 7 atom stereocenters. The Morgan fingerprint density at radius 1 is 1.00 bits per heavy atom. The Morgan fingerprint density at radius 2 is 1.79 bits per heavy atom. The Morgan fingerprint density at radius 3 is 2.53 bits per heavy atom. The Balaban J connectivity index is 1.34. The summed E-state index contributed by atoms with van der Waals surface area (Å²) in [6, 6.07) is 16.1. The van der Waals surface area contributed by atoms with E-state index in [0.717, 1.165) is 98.3 Å². The summed E-state index contributed by atoms with van der Waals surface area (Å²) in [7, 11) is 0. The van der Waals surface area contributed by atoms with E-state index in [1.807, 2.05) is 18.2 Å². The standard InChI is InChI=1S/C51H72N2O8S/c1-3-27-53(47(56)26-23-37-16-8-9-17-37)46-36-44(52-61-48-22-12-15-31-58-48)42-34-38(18-10-13-28-54)41(21-11-14-29-55)49-43-35-39(57-32-33-62-40-19-6-5-7-20-40)24-25-45(43)60-51(46,50(42)49)59-30-4-2/h4-7,19-20,24-25,34-35,37-38,41,46,48-50,54-55H,2-3,8-18,21-23,26-33,36H2,1H3. The van der Waals surface area contributed by atoms with E-state index in [1.165, 1.54) is 30.6 Å². The Hall–Kier alpha value is -3.35. The summed E-state index contributed by atoms with van der Waals surface area (Å²) in [6.07, 6.45) is 19.0. The average molecular weight is 873 g/mol. The third-order valence-corrected chi connectivity index (χ3v) is 14.8. The molecule has 2 aromatic rings. The van der Waals surface area contributed by atoms with Crippen molar-refractivity contribution in [2.24, 2.45) is 28.8 Å². The molecule has 0 aromatic heterocycles. The van der Waals surface area contributed by atoms with Gasteiger partial charge in [0.1, 0.15) is 17.5 Å². The van der Waals surface area contributed by atoms with Crippen LogP contribution in [0.2, 0.25) is 0 Å². The number of aliphatic hydroxyl groups excluding tert-OH is 2. The van der Waals surface area contributed by atoms with Gasteiger partial charge in [0.25, 0.3) is 0 Å². The van der Waals surface area contributed by atoms with Gasteiger partial charge in [-0.1, -0.05) is 81.0 Å². The molecule has 3 fully saturated rings. The van der Waals surface area contributed by atoms with E-state index in [1.54, 1.807) is 17.8 Å². The molecule has 1 saturated heterocycles. The first-order valence-electron chi connectivity index (χ1n) is 24.0. The van der Waals surface area contributed by atoms with Crippen LogP contribution in [0.3, 0.4) is 0 Å². The number of nitrogens with zero attached hydrogens (tertiary/aromatic N) is 2. The molecule has 7 unspecified atom stereocenters. The van der Waals surface area contributed by atoms with E-state index in [0.29, 0.717) is 44.9 Å². The van der Waals surface area contributed by atoms with Gasteiger partial charge >= 0.3 is 0 Å². The first-order valence-corrected chi connectivity index (χ1v) is 24.9. The summed E-state index contributed by atoms with van der Waals surface area (Å²) in [6.45, 7) is 8.51. The maximum Gasteiger partial charge on any atom is 0.239 e. The summed E-state index contributed by atoms with van der Waals surface area (Å²) >= 11 is 1.77. The van der Waals surface area contributed by atoms with Crippen LogP contribution in [0.5, 0.6) is 11.5 Å². The minimum absolute atomic E-state index is 0.0976. The fraction of sp³-hybridized carbons (Fsp3) is 0.647. The van der Waals surface area contributed by atoms with Gasteiger partial charge in [0.05, 0.1) is 31.5 Å². The van der Waals surface area contributed by atoms with Gasteiger partial charge < -0.3 is 38.9 Å². The van der Waals surface area contributed by atoms with Crippen LogP contribution in [-0.2, 0) is 19.1 Å². The van der Waals surface area contributed by atoms with Crippen molar-refractivity contribution in [1.82, 2.24) is 4.90 Å². The highest BCUT2D eigenvalue weighted by Gasteiger charge is 2.65. The number of carbonyl (C=O) groups is 1. The Labute approximate surface area is 374 Å². The highest BCUT2D eigenvalue weighted by molar-refractivity contribution is 7.99. The zero-order valence-corrected chi connectivity index (χ0v) is 38.0. The fourth-order valence-corrected chi connectivity index (χ4v) is 11.7. The van der Waals surface area contributed by atoms with Gasteiger partial charge in [0.15, 0.2) is 0 Å². The maximum absolute atomic E-state index is 14.8. The van der Waals surface area contributed by atoms with Crippen molar-refractivity contribution in [3.05, 3.63) is 78.4 Å². The first kappa shape index (κ1) is 46.6. The molecule has 2 saturated carbocycles. The lowest BCUT2D eigenvalue weighted by Gasteiger charge is -2.60. The molecular weight excluding hydrogens is 801 g/mol. The topological polar surface area (TPSA) is 119 Å². The molecule has 2 heterocycles. The molecule has 0 bridgehead atoms. The van der Waals surface area contributed by atoms with Crippen LogP contribution in [0.15, 0.2) is 82.9 Å². The smallest absolute Gasteiger partial charge is 0.239 e. The molecule has 1 amide bonds. The van der Waals surface area contributed by atoms with Gasteiger partial charge in [0.2, 0.25) is 18.0 Å². The quantitative estimate of drug-likeness (QED) is 0.0460. The second kappa shape index (κ2) is 23.5. The molecule has 62 heavy (non-hydrogen) atoms. The molecule has 10 nitrogen and oxygen atoms in total. The third kappa shape index (κ3) is 11.3. The van der Waals surface area contributed by atoms with Crippen molar-refractivity contribution in [3.8, 4) is 11.5 Å². The number of benzene rings is 2. The number of thioether (sulfide) groups is 1.